The first-order valence-corrected chi connectivity index (χ1v) is 11.7. The Morgan fingerprint density at radius 3 is 2.60 bits per heavy atom. The van der Waals surface area contributed by atoms with Gasteiger partial charge in [0, 0.05) is 29.6 Å². The standard InChI is InChI=1S/C26H28N4O5/c1-12-11-24(12,3)14-8-9-15-18(10-14)35-26(34)16-6-5-7-17(27)19(16)21(31)25(15,26)29-22(32)20-13(2)30(4)23(33)28-20/h5-10,12,22,29,32,34H,11,27H2,1-4H3,(H,28,33)/t12-,22?,24+,25-,26-/m1/s1. The van der Waals surface area contributed by atoms with E-state index >= 15 is 0 Å². The maximum absolute atomic E-state index is 14.1. The minimum atomic E-state index is -2.16. The first kappa shape index (κ1) is 22.1. The largest absolute Gasteiger partial charge is 0.455 e. The first-order chi connectivity index (χ1) is 16.5. The lowest BCUT2D eigenvalue weighted by atomic mass is 9.81. The monoisotopic (exact) mass is 476 g/mol. The molecule has 2 aromatic carbocycles. The van der Waals surface area contributed by atoms with Crippen LogP contribution >= 0.6 is 0 Å². The van der Waals surface area contributed by atoms with E-state index in [1.165, 1.54) is 4.57 Å². The van der Waals surface area contributed by atoms with Crippen molar-refractivity contribution in [1.29, 1.82) is 0 Å². The summed E-state index contributed by atoms with van der Waals surface area (Å²) < 4.78 is 7.55. The van der Waals surface area contributed by atoms with Gasteiger partial charge in [-0.25, -0.2) is 4.79 Å². The van der Waals surface area contributed by atoms with Gasteiger partial charge in [-0.1, -0.05) is 38.1 Å². The number of imidazole rings is 1. The average Bonchev–Trinajstić information content (AvgIpc) is 3.16. The molecule has 6 rings (SSSR count). The van der Waals surface area contributed by atoms with Gasteiger partial charge in [0.1, 0.15) is 12.0 Å². The number of carbonyl (C=O) groups is 1. The summed E-state index contributed by atoms with van der Waals surface area (Å²) in [6.45, 7) is 6.03. The number of hydrogen-bond acceptors (Lipinski definition) is 7. The van der Waals surface area contributed by atoms with Crippen LogP contribution in [0.15, 0.2) is 41.2 Å². The summed E-state index contributed by atoms with van der Waals surface area (Å²) in [6, 6.07) is 10.4. The Bertz CT molecular complexity index is 1490. The maximum atomic E-state index is 14.1. The van der Waals surface area contributed by atoms with Crippen molar-refractivity contribution in [3.8, 4) is 5.75 Å². The van der Waals surface area contributed by atoms with Crippen LogP contribution in [0.25, 0.3) is 0 Å². The zero-order valence-electron chi connectivity index (χ0n) is 20.0. The number of nitrogens with two attached hydrogens (primary N) is 1. The summed E-state index contributed by atoms with van der Waals surface area (Å²) >= 11 is 0. The van der Waals surface area contributed by atoms with Crippen molar-refractivity contribution in [2.75, 3.05) is 5.73 Å². The minimum Gasteiger partial charge on any atom is -0.455 e. The first-order valence-electron chi connectivity index (χ1n) is 11.7. The number of nitrogen functional groups attached to an aromatic ring is 1. The Kier molecular flexibility index (Phi) is 4.18. The number of rotatable bonds is 4. The molecule has 3 aliphatic rings. The second-order valence-electron chi connectivity index (χ2n) is 10.4. The van der Waals surface area contributed by atoms with Gasteiger partial charge >= 0.3 is 5.69 Å². The Balaban J connectivity index is 1.55. The van der Waals surface area contributed by atoms with Gasteiger partial charge in [0.2, 0.25) is 0 Å². The minimum absolute atomic E-state index is 0.00575. The van der Waals surface area contributed by atoms with Crippen molar-refractivity contribution in [3.05, 3.63) is 80.5 Å². The third-order valence-corrected chi connectivity index (χ3v) is 8.56. The van der Waals surface area contributed by atoms with Crippen molar-refractivity contribution < 1.29 is 19.7 Å². The fraction of sp³-hybridized carbons (Fsp3) is 0.385. The fourth-order valence-electron chi connectivity index (χ4n) is 5.90. The van der Waals surface area contributed by atoms with E-state index in [1.54, 1.807) is 38.2 Å². The summed E-state index contributed by atoms with van der Waals surface area (Å²) in [5.74, 6) is -1.79. The van der Waals surface area contributed by atoms with Crippen LogP contribution in [-0.4, -0.2) is 25.5 Å². The van der Waals surface area contributed by atoms with E-state index in [1.807, 2.05) is 12.1 Å². The van der Waals surface area contributed by atoms with Gasteiger partial charge < -0.3 is 25.7 Å². The number of aromatic nitrogens is 2. The molecule has 2 aliphatic carbocycles. The number of carbonyl (C=O) groups excluding carboxylic acids is 1. The van der Waals surface area contributed by atoms with E-state index < -0.39 is 29.0 Å². The highest BCUT2D eigenvalue weighted by Gasteiger charge is 2.72. The van der Waals surface area contributed by atoms with Crippen LogP contribution in [0.1, 0.15) is 64.9 Å². The molecule has 9 nitrogen and oxygen atoms in total. The Morgan fingerprint density at radius 1 is 1.26 bits per heavy atom. The Hall–Kier alpha value is -3.40. The zero-order valence-corrected chi connectivity index (χ0v) is 20.0. The molecule has 5 atom stereocenters. The second-order valence-corrected chi connectivity index (χ2v) is 10.4. The highest BCUT2D eigenvalue weighted by Crippen LogP contribution is 2.61. The third kappa shape index (κ3) is 2.52. The number of nitrogens with one attached hydrogen (secondary N) is 2. The normalized spacial score (nSPS) is 31.0. The van der Waals surface area contributed by atoms with E-state index in [2.05, 4.69) is 24.1 Å². The van der Waals surface area contributed by atoms with Gasteiger partial charge in [0.25, 0.3) is 5.79 Å². The maximum Gasteiger partial charge on any atom is 0.325 e. The highest BCUT2D eigenvalue weighted by molar-refractivity contribution is 6.13. The number of anilines is 1. The Morgan fingerprint density at radius 2 is 1.97 bits per heavy atom. The molecule has 2 heterocycles. The number of H-pyrrole nitrogens is 1. The number of ketones is 1. The molecule has 0 saturated heterocycles. The molecule has 1 unspecified atom stereocenters. The molecular formula is C26H28N4O5. The van der Waals surface area contributed by atoms with Crippen LogP contribution < -0.4 is 21.5 Å². The van der Waals surface area contributed by atoms with E-state index in [0.717, 1.165) is 12.0 Å². The SMILES string of the molecule is Cc1c(C(O)N[C@]23C(=O)c4c(N)cccc4[C@@]2(O)Oc2cc([C@@]4(C)C[C@H]4C)ccc23)[nH]c(=O)n1C. The molecule has 0 bridgehead atoms. The molecule has 1 fully saturated rings. The summed E-state index contributed by atoms with van der Waals surface area (Å²) in [6.07, 6.45) is -0.456. The number of aliphatic hydroxyl groups is 2. The predicted octanol–water partition coefficient (Wildman–Crippen LogP) is 1.81. The van der Waals surface area contributed by atoms with Crippen LogP contribution in [-0.2, 0) is 23.8 Å². The van der Waals surface area contributed by atoms with Crippen LogP contribution in [0.3, 0.4) is 0 Å². The zero-order chi connectivity index (χ0) is 25.1. The number of benzene rings is 2. The number of hydrogen-bond donors (Lipinski definition) is 5. The summed E-state index contributed by atoms with van der Waals surface area (Å²) in [5.41, 5.74) is 6.60. The fourth-order valence-corrected chi connectivity index (χ4v) is 5.90. The number of fused-ring (bicyclic) bond motifs is 5. The van der Waals surface area contributed by atoms with Gasteiger partial charge in [-0.3, -0.25) is 14.7 Å². The lowest BCUT2D eigenvalue weighted by Crippen LogP contribution is -2.59. The molecule has 1 aromatic heterocycles. The molecule has 3 aromatic rings. The third-order valence-electron chi connectivity index (χ3n) is 8.56. The van der Waals surface area contributed by atoms with Crippen LogP contribution in [0, 0.1) is 12.8 Å². The van der Waals surface area contributed by atoms with Crippen molar-refractivity contribution in [3.63, 3.8) is 0 Å². The molecule has 182 valence electrons. The van der Waals surface area contributed by atoms with E-state index in [4.69, 9.17) is 10.5 Å². The van der Waals surface area contributed by atoms with Crippen LogP contribution in [0.4, 0.5) is 5.69 Å². The smallest absolute Gasteiger partial charge is 0.325 e. The van der Waals surface area contributed by atoms with Crippen molar-refractivity contribution >= 4 is 11.5 Å². The van der Waals surface area contributed by atoms with Crippen molar-refractivity contribution in [2.24, 2.45) is 13.0 Å². The molecule has 6 N–H and O–H groups in total. The number of Topliss-reactive ketones (excluding diaryl/α,β-unsaturated/α-hetero) is 1. The van der Waals surface area contributed by atoms with Crippen LogP contribution in [0.5, 0.6) is 5.75 Å². The van der Waals surface area contributed by atoms with E-state index in [9.17, 15) is 19.8 Å². The number of aliphatic hydroxyl groups excluding tert-OH is 1. The average molecular weight is 477 g/mol. The van der Waals surface area contributed by atoms with Gasteiger partial charge in [-0.15, -0.1) is 0 Å². The molecule has 1 aliphatic heterocycles. The van der Waals surface area contributed by atoms with Gasteiger partial charge in [0.05, 0.1) is 11.3 Å². The second kappa shape index (κ2) is 6.63. The van der Waals surface area contributed by atoms with Crippen molar-refractivity contribution in [1.82, 2.24) is 14.9 Å². The molecule has 9 heteroatoms. The van der Waals surface area contributed by atoms with Gasteiger partial charge in [0.15, 0.2) is 11.3 Å². The summed E-state index contributed by atoms with van der Waals surface area (Å²) in [5, 5.41) is 26.3. The molecule has 0 spiro atoms. The van der Waals surface area contributed by atoms with E-state index in [-0.39, 0.29) is 27.9 Å². The lowest BCUT2D eigenvalue weighted by molar-refractivity contribution is -0.180. The molecule has 35 heavy (non-hydrogen) atoms. The number of ether oxygens (including phenoxy) is 1. The quantitative estimate of drug-likeness (QED) is 0.285. The summed E-state index contributed by atoms with van der Waals surface area (Å²) in [4.78, 5) is 28.9. The molecule has 1 saturated carbocycles. The van der Waals surface area contributed by atoms with Gasteiger partial charge in [-0.2, -0.15) is 0 Å². The van der Waals surface area contributed by atoms with Crippen LogP contribution in [0.2, 0.25) is 0 Å². The lowest BCUT2D eigenvalue weighted by Gasteiger charge is -2.36. The molecule has 0 amide bonds. The molecule has 0 radical (unpaired) electrons. The molecular weight excluding hydrogens is 448 g/mol. The summed E-state index contributed by atoms with van der Waals surface area (Å²) in [7, 11) is 1.57. The number of aromatic amines is 1. The number of nitrogens with zero attached hydrogens (tertiary/aromatic N) is 1. The van der Waals surface area contributed by atoms with Crippen molar-refractivity contribution in [2.45, 2.75) is 50.2 Å². The highest BCUT2D eigenvalue weighted by atomic mass is 16.6. The Labute approximate surface area is 201 Å². The van der Waals surface area contributed by atoms with E-state index in [0.29, 0.717) is 22.9 Å². The van der Waals surface area contributed by atoms with Gasteiger partial charge in [-0.05, 0) is 42.4 Å². The predicted molar refractivity (Wildman–Crippen MR) is 128 cm³/mol. The topological polar surface area (TPSA) is 143 Å².